The van der Waals surface area contributed by atoms with E-state index in [-0.39, 0.29) is 6.03 Å². The summed E-state index contributed by atoms with van der Waals surface area (Å²) in [6, 6.07) is 5.43. The largest absolute Gasteiger partial charge is 0.332 e. The van der Waals surface area contributed by atoms with Crippen molar-refractivity contribution < 1.29 is 4.79 Å². The van der Waals surface area contributed by atoms with Crippen LogP contribution in [-0.2, 0) is 6.54 Å². The number of carbonyl (C=O) groups is 1. The molecule has 0 unspecified atom stereocenters. The predicted molar refractivity (Wildman–Crippen MR) is 61.5 cm³/mol. The molecule has 1 aliphatic carbocycles. The van der Waals surface area contributed by atoms with Gasteiger partial charge in [-0.05, 0) is 30.9 Å². The lowest BCUT2D eigenvalue weighted by atomic mass is 10.3. The van der Waals surface area contributed by atoms with Crippen LogP contribution < -0.4 is 10.6 Å². The predicted octanol–water partition coefficient (Wildman–Crippen LogP) is 1.80. The van der Waals surface area contributed by atoms with Crippen LogP contribution >= 0.6 is 0 Å². The van der Waals surface area contributed by atoms with E-state index in [9.17, 15) is 4.79 Å². The molecule has 1 fully saturated rings. The summed E-state index contributed by atoms with van der Waals surface area (Å²) in [7, 11) is 0. The number of nitrogens with zero attached hydrogens (tertiary/aromatic N) is 1. The van der Waals surface area contributed by atoms with Gasteiger partial charge in [-0.1, -0.05) is 12.1 Å². The molecule has 16 heavy (non-hydrogen) atoms. The minimum atomic E-state index is -0.192. The normalized spacial score (nSPS) is 15.0. The van der Waals surface area contributed by atoms with Gasteiger partial charge < -0.3 is 10.6 Å². The van der Waals surface area contributed by atoms with Gasteiger partial charge in [-0.25, -0.2) is 4.79 Å². The molecule has 2 rings (SSSR count). The molecule has 0 aliphatic heterocycles. The third-order valence-corrected chi connectivity index (χ3v) is 2.36. The Hall–Kier alpha value is -1.84. The summed E-state index contributed by atoms with van der Waals surface area (Å²) < 4.78 is 0. The average Bonchev–Trinajstić information content (AvgIpc) is 3.12. The maximum Gasteiger partial charge on any atom is 0.319 e. The maximum absolute atomic E-state index is 11.3. The van der Waals surface area contributed by atoms with Gasteiger partial charge in [0.05, 0.1) is 12.2 Å². The van der Waals surface area contributed by atoms with Crippen molar-refractivity contribution in [2.45, 2.75) is 19.4 Å². The quantitative estimate of drug-likeness (QED) is 0.808. The van der Waals surface area contributed by atoms with Gasteiger partial charge in [0.1, 0.15) is 0 Å². The molecule has 2 N–H and O–H groups in total. The van der Waals surface area contributed by atoms with Crippen LogP contribution in [0.1, 0.15) is 18.5 Å². The molecule has 4 nitrogen and oxygen atoms in total. The molecule has 1 saturated carbocycles. The van der Waals surface area contributed by atoms with Gasteiger partial charge in [0.2, 0.25) is 0 Å². The number of amides is 2. The van der Waals surface area contributed by atoms with Gasteiger partial charge >= 0.3 is 6.03 Å². The van der Waals surface area contributed by atoms with Gasteiger partial charge in [-0.3, -0.25) is 4.98 Å². The number of nitrogens with one attached hydrogen (secondary N) is 2. The minimum Gasteiger partial charge on any atom is -0.332 e. The molecule has 0 atom stereocenters. The van der Waals surface area contributed by atoms with Gasteiger partial charge in [0.25, 0.3) is 0 Å². The van der Waals surface area contributed by atoms with Crippen LogP contribution in [0.3, 0.4) is 0 Å². The molecule has 0 saturated heterocycles. The highest BCUT2D eigenvalue weighted by molar-refractivity contribution is 5.74. The molecule has 1 aromatic rings. The minimum absolute atomic E-state index is 0.192. The van der Waals surface area contributed by atoms with Gasteiger partial charge in [0, 0.05) is 12.4 Å². The first-order chi connectivity index (χ1) is 7.84. The summed E-state index contributed by atoms with van der Waals surface area (Å²) in [6.07, 6.45) is 7.94. The molecule has 0 radical (unpaired) electrons. The first-order valence-corrected chi connectivity index (χ1v) is 5.45. The number of carbonyl (C=O) groups excluding carboxylic acids is 1. The number of hydrogen-bond donors (Lipinski definition) is 2. The van der Waals surface area contributed by atoms with Gasteiger partial charge in [-0.2, -0.15) is 0 Å². The standard InChI is InChI=1S/C12H15N3O/c16-12(14-8-6-10-4-5-10)15-9-11-3-1-2-7-13-11/h1-3,6-8,10H,4-5,9H2,(H2,14,15,16)/b8-6+. The van der Waals surface area contributed by atoms with E-state index in [2.05, 4.69) is 15.6 Å². The second kappa shape index (κ2) is 5.30. The Balaban J connectivity index is 1.67. The molecule has 1 aliphatic rings. The highest BCUT2D eigenvalue weighted by atomic mass is 16.2. The molecule has 84 valence electrons. The van der Waals surface area contributed by atoms with E-state index in [1.165, 1.54) is 12.8 Å². The zero-order valence-electron chi connectivity index (χ0n) is 9.02. The highest BCUT2D eigenvalue weighted by Crippen LogP contribution is 2.29. The van der Waals surface area contributed by atoms with Crippen LogP contribution in [0, 0.1) is 5.92 Å². The first kappa shape index (κ1) is 10.7. The SMILES string of the molecule is O=C(N/C=C/C1CC1)NCc1ccccn1. The molecule has 2 amide bonds. The first-order valence-electron chi connectivity index (χ1n) is 5.45. The second-order valence-corrected chi connectivity index (χ2v) is 3.84. The average molecular weight is 217 g/mol. The number of urea groups is 1. The fraction of sp³-hybridized carbons (Fsp3) is 0.333. The van der Waals surface area contributed by atoms with Crippen LogP contribution in [0.4, 0.5) is 4.79 Å². The number of pyridine rings is 1. The van der Waals surface area contributed by atoms with Crippen LogP contribution in [-0.4, -0.2) is 11.0 Å². The summed E-state index contributed by atoms with van der Waals surface area (Å²) in [6.45, 7) is 0.448. The fourth-order valence-electron chi connectivity index (χ4n) is 1.27. The van der Waals surface area contributed by atoms with Crippen molar-refractivity contribution in [2.75, 3.05) is 0 Å². The third-order valence-electron chi connectivity index (χ3n) is 2.36. The van der Waals surface area contributed by atoms with E-state index in [0.717, 1.165) is 5.69 Å². The van der Waals surface area contributed by atoms with Crippen molar-refractivity contribution in [3.05, 3.63) is 42.4 Å². The highest BCUT2D eigenvalue weighted by Gasteiger charge is 2.16. The van der Waals surface area contributed by atoms with E-state index >= 15 is 0 Å². The Bertz CT molecular complexity index is 371. The van der Waals surface area contributed by atoms with Crippen molar-refractivity contribution >= 4 is 6.03 Å². The van der Waals surface area contributed by atoms with E-state index in [0.29, 0.717) is 12.5 Å². The molecule has 1 heterocycles. The molecule has 0 aromatic carbocycles. The number of hydrogen-bond acceptors (Lipinski definition) is 2. The number of aromatic nitrogens is 1. The van der Waals surface area contributed by atoms with Crippen LogP contribution in [0.2, 0.25) is 0 Å². The van der Waals surface area contributed by atoms with Crippen LogP contribution in [0.15, 0.2) is 36.7 Å². The summed E-state index contributed by atoms with van der Waals surface area (Å²) >= 11 is 0. The Labute approximate surface area is 94.8 Å². The molecule has 0 bridgehead atoms. The lowest BCUT2D eigenvalue weighted by Crippen LogP contribution is -2.31. The Kier molecular flexibility index (Phi) is 3.53. The molecular weight excluding hydrogens is 202 g/mol. The Morgan fingerprint density at radius 2 is 2.38 bits per heavy atom. The summed E-state index contributed by atoms with van der Waals surface area (Å²) in [5.41, 5.74) is 0.851. The zero-order valence-corrected chi connectivity index (χ0v) is 9.02. The smallest absolute Gasteiger partial charge is 0.319 e. The van der Waals surface area contributed by atoms with Crippen molar-refractivity contribution in [1.29, 1.82) is 0 Å². The maximum atomic E-state index is 11.3. The Morgan fingerprint density at radius 1 is 1.50 bits per heavy atom. The van der Waals surface area contributed by atoms with Crippen LogP contribution in [0.25, 0.3) is 0 Å². The van der Waals surface area contributed by atoms with Crippen molar-refractivity contribution in [3.8, 4) is 0 Å². The van der Waals surface area contributed by atoms with Crippen molar-refractivity contribution in [1.82, 2.24) is 15.6 Å². The second-order valence-electron chi connectivity index (χ2n) is 3.84. The van der Waals surface area contributed by atoms with Crippen LogP contribution in [0.5, 0.6) is 0 Å². The summed E-state index contributed by atoms with van der Waals surface area (Å²) in [5, 5.41) is 5.40. The van der Waals surface area contributed by atoms with Gasteiger partial charge in [0.15, 0.2) is 0 Å². The van der Waals surface area contributed by atoms with E-state index < -0.39 is 0 Å². The Morgan fingerprint density at radius 3 is 3.06 bits per heavy atom. The van der Waals surface area contributed by atoms with E-state index in [1.54, 1.807) is 12.4 Å². The number of rotatable bonds is 4. The van der Waals surface area contributed by atoms with Crippen molar-refractivity contribution in [2.24, 2.45) is 5.92 Å². The lowest BCUT2D eigenvalue weighted by molar-refractivity contribution is 0.243. The molecule has 4 heteroatoms. The molecule has 1 aromatic heterocycles. The topological polar surface area (TPSA) is 54.0 Å². The van der Waals surface area contributed by atoms with E-state index in [4.69, 9.17) is 0 Å². The summed E-state index contributed by atoms with van der Waals surface area (Å²) in [5.74, 6) is 0.677. The molecular formula is C12H15N3O. The van der Waals surface area contributed by atoms with Gasteiger partial charge in [-0.15, -0.1) is 0 Å². The van der Waals surface area contributed by atoms with E-state index in [1.807, 2.05) is 24.3 Å². The third kappa shape index (κ3) is 3.73. The summed E-state index contributed by atoms with van der Waals surface area (Å²) in [4.78, 5) is 15.4. The lowest BCUT2D eigenvalue weighted by Gasteiger charge is -2.03. The van der Waals surface area contributed by atoms with Crippen molar-refractivity contribution in [3.63, 3.8) is 0 Å². The monoisotopic (exact) mass is 217 g/mol. The zero-order chi connectivity index (χ0) is 11.2. The fourth-order valence-corrected chi connectivity index (χ4v) is 1.27. The number of allylic oxidation sites excluding steroid dienone is 1. The molecule has 0 spiro atoms.